The Morgan fingerprint density at radius 2 is 1.71 bits per heavy atom. The number of alkyl halides is 6. The normalized spacial score (nSPS) is 16.0. The molecule has 0 amide bonds. The van der Waals surface area contributed by atoms with Crippen LogP contribution >= 0.6 is 0 Å². The maximum atomic E-state index is 12.7. The fourth-order valence-electron chi connectivity index (χ4n) is 1.60. The second-order valence-corrected chi connectivity index (χ2v) is 4.40. The molecule has 0 fully saturated rings. The molecule has 1 unspecified atom stereocenters. The molecular weight excluding hydrogens is 310 g/mol. The van der Waals surface area contributed by atoms with Crippen LogP contribution in [0.25, 0.3) is 0 Å². The Hall–Kier alpha value is -1.88. The fourth-order valence-corrected chi connectivity index (χ4v) is 1.60. The molecule has 12 heteroatoms. The van der Waals surface area contributed by atoms with Gasteiger partial charge in [-0.15, -0.1) is 5.10 Å². The number of halogens is 6. The van der Waals surface area contributed by atoms with Crippen LogP contribution < -0.4 is 0 Å². The number of hydrogen-bond donors (Lipinski definition) is 1. The average molecular weight is 320 g/mol. The van der Waals surface area contributed by atoms with E-state index in [9.17, 15) is 31.1 Å². The van der Waals surface area contributed by atoms with E-state index in [-0.39, 0.29) is 11.1 Å². The highest BCUT2D eigenvalue weighted by Gasteiger charge is 2.61. The van der Waals surface area contributed by atoms with Crippen LogP contribution in [0.1, 0.15) is 32.0 Å². The Balaban J connectivity index is 3.52. The lowest BCUT2D eigenvalue weighted by molar-refractivity contribution is -0.256. The summed E-state index contributed by atoms with van der Waals surface area (Å²) in [6.45, 7) is 2.20. The highest BCUT2D eigenvalue weighted by atomic mass is 19.4. The van der Waals surface area contributed by atoms with Crippen molar-refractivity contribution in [3.8, 4) is 0 Å². The van der Waals surface area contributed by atoms with E-state index >= 15 is 0 Å². The van der Waals surface area contributed by atoms with Gasteiger partial charge in [0.15, 0.2) is 11.4 Å². The van der Waals surface area contributed by atoms with Crippen LogP contribution in [0, 0.1) is 0 Å². The minimum absolute atomic E-state index is 0.0565. The summed E-state index contributed by atoms with van der Waals surface area (Å²) < 4.78 is 76.1. The van der Waals surface area contributed by atoms with Crippen LogP contribution in [0.2, 0.25) is 0 Å². The first kappa shape index (κ1) is 17.2. The fraction of sp³-hybridized carbons (Fsp3) is 0.778. The molecule has 21 heavy (non-hydrogen) atoms. The van der Waals surface area contributed by atoms with E-state index in [4.69, 9.17) is 5.11 Å². The lowest BCUT2D eigenvalue weighted by atomic mass is 9.97. The molecular formula is C9H10F6N4O2. The third-order valence-corrected chi connectivity index (χ3v) is 3.02. The predicted octanol–water partition coefficient (Wildman–Crippen LogP) is 2.09. The van der Waals surface area contributed by atoms with Crippen molar-refractivity contribution < 1.29 is 36.2 Å². The zero-order valence-corrected chi connectivity index (χ0v) is 10.7. The summed E-state index contributed by atoms with van der Waals surface area (Å²) in [5, 5.41) is 17.6. The van der Waals surface area contributed by atoms with Gasteiger partial charge in [-0.3, -0.25) is 0 Å². The molecule has 1 heterocycles. The molecule has 0 saturated carbocycles. The van der Waals surface area contributed by atoms with Crippen molar-refractivity contribution >= 4 is 5.97 Å². The largest absolute Gasteiger partial charge is 0.479 e. The Bertz CT molecular complexity index is 511. The molecule has 0 aliphatic heterocycles. The number of aromatic nitrogens is 4. The van der Waals surface area contributed by atoms with Gasteiger partial charge in [0.2, 0.25) is 5.92 Å². The van der Waals surface area contributed by atoms with E-state index in [1.807, 2.05) is 0 Å². The molecule has 0 aliphatic rings. The lowest BCUT2D eigenvalue weighted by Crippen LogP contribution is -2.44. The van der Waals surface area contributed by atoms with Gasteiger partial charge < -0.3 is 5.11 Å². The van der Waals surface area contributed by atoms with Gasteiger partial charge in [-0.2, -0.15) is 26.3 Å². The molecule has 1 aromatic rings. The summed E-state index contributed by atoms with van der Waals surface area (Å²) >= 11 is 0. The number of carbonyl (C=O) groups is 1. The van der Waals surface area contributed by atoms with Gasteiger partial charge in [-0.1, -0.05) is 6.92 Å². The van der Waals surface area contributed by atoms with Crippen molar-refractivity contribution in [2.24, 2.45) is 0 Å². The third-order valence-electron chi connectivity index (χ3n) is 3.02. The van der Waals surface area contributed by atoms with Crippen molar-refractivity contribution in [1.29, 1.82) is 0 Å². The standard InChI is InChI=1S/C9H10F6N4O2/c1-3-7(2,6(20)21)19-5(16-17-18-19)4(8(10,11)12)9(13,14)15/h4H,3H2,1-2H3,(H,20,21). The number of aliphatic carboxylic acids is 1. The van der Waals surface area contributed by atoms with Gasteiger partial charge in [0.25, 0.3) is 0 Å². The molecule has 6 nitrogen and oxygen atoms in total. The smallest absolute Gasteiger partial charge is 0.407 e. The molecule has 0 radical (unpaired) electrons. The summed E-state index contributed by atoms with van der Waals surface area (Å²) in [7, 11) is 0. The Morgan fingerprint density at radius 1 is 1.24 bits per heavy atom. The summed E-state index contributed by atoms with van der Waals surface area (Å²) in [5.74, 6) is -7.23. The molecule has 0 saturated heterocycles. The molecule has 1 aromatic heterocycles. The van der Waals surface area contributed by atoms with E-state index in [2.05, 4.69) is 15.5 Å². The van der Waals surface area contributed by atoms with Gasteiger partial charge >= 0.3 is 18.3 Å². The van der Waals surface area contributed by atoms with Crippen molar-refractivity contribution in [2.75, 3.05) is 0 Å². The highest BCUT2D eigenvalue weighted by molar-refractivity contribution is 5.76. The summed E-state index contributed by atoms with van der Waals surface area (Å²) in [4.78, 5) is 11.1. The maximum Gasteiger partial charge on any atom is 0.407 e. The monoisotopic (exact) mass is 320 g/mol. The number of rotatable bonds is 4. The van der Waals surface area contributed by atoms with Crippen LogP contribution in [-0.4, -0.2) is 43.6 Å². The van der Waals surface area contributed by atoms with Gasteiger partial charge in [-0.25, -0.2) is 9.48 Å². The zero-order chi connectivity index (χ0) is 16.6. The molecule has 0 aliphatic carbocycles. The average Bonchev–Trinajstić information content (AvgIpc) is 2.72. The molecule has 0 spiro atoms. The summed E-state index contributed by atoms with van der Waals surface area (Å²) in [6, 6.07) is 0. The van der Waals surface area contributed by atoms with E-state index in [1.54, 1.807) is 0 Å². The van der Waals surface area contributed by atoms with E-state index in [1.165, 1.54) is 6.92 Å². The quantitative estimate of drug-likeness (QED) is 0.859. The Kier molecular flexibility index (Phi) is 4.21. The number of carboxylic acid groups (broad SMARTS) is 1. The topological polar surface area (TPSA) is 80.9 Å². The zero-order valence-electron chi connectivity index (χ0n) is 10.7. The Labute approximate surface area is 113 Å². The lowest BCUT2D eigenvalue weighted by Gasteiger charge is -2.28. The number of tetrazole rings is 1. The summed E-state index contributed by atoms with van der Waals surface area (Å²) in [5.41, 5.74) is -2.13. The Morgan fingerprint density at radius 3 is 2.05 bits per heavy atom. The van der Waals surface area contributed by atoms with Crippen LogP contribution in [0.3, 0.4) is 0 Å². The van der Waals surface area contributed by atoms with E-state index in [0.717, 1.165) is 6.92 Å². The van der Waals surface area contributed by atoms with Crippen molar-refractivity contribution in [2.45, 2.75) is 44.1 Å². The van der Waals surface area contributed by atoms with Crippen molar-refractivity contribution in [3.05, 3.63) is 5.82 Å². The van der Waals surface area contributed by atoms with Crippen molar-refractivity contribution in [1.82, 2.24) is 20.2 Å². The van der Waals surface area contributed by atoms with Gasteiger partial charge in [0.1, 0.15) is 0 Å². The van der Waals surface area contributed by atoms with Crippen LogP contribution in [-0.2, 0) is 10.3 Å². The van der Waals surface area contributed by atoms with Crippen LogP contribution in [0.5, 0.6) is 0 Å². The molecule has 1 atom stereocenters. The molecule has 0 aromatic carbocycles. The highest BCUT2D eigenvalue weighted by Crippen LogP contribution is 2.46. The minimum Gasteiger partial charge on any atom is -0.479 e. The first-order valence-electron chi connectivity index (χ1n) is 5.51. The predicted molar refractivity (Wildman–Crippen MR) is 54.2 cm³/mol. The van der Waals surface area contributed by atoms with Gasteiger partial charge in [0.05, 0.1) is 0 Å². The molecule has 0 bridgehead atoms. The SMILES string of the molecule is CCC(C)(C(=O)O)n1nnnc1C(C(F)(F)F)C(F)(F)F. The molecule has 1 rings (SSSR count). The van der Waals surface area contributed by atoms with E-state index in [0.29, 0.717) is 0 Å². The second-order valence-electron chi connectivity index (χ2n) is 4.40. The van der Waals surface area contributed by atoms with Crippen LogP contribution in [0.4, 0.5) is 26.3 Å². The second kappa shape index (κ2) is 5.15. The number of hydrogen-bond acceptors (Lipinski definition) is 4. The number of nitrogens with zero attached hydrogens (tertiary/aromatic N) is 4. The minimum atomic E-state index is -5.71. The summed E-state index contributed by atoms with van der Waals surface area (Å²) in [6.07, 6.45) is -11.7. The van der Waals surface area contributed by atoms with Gasteiger partial charge in [-0.05, 0) is 23.8 Å². The van der Waals surface area contributed by atoms with Crippen LogP contribution in [0.15, 0.2) is 0 Å². The maximum absolute atomic E-state index is 12.7. The van der Waals surface area contributed by atoms with Crippen molar-refractivity contribution in [3.63, 3.8) is 0 Å². The third kappa shape index (κ3) is 3.08. The van der Waals surface area contributed by atoms with E-state index < -0.39 is 35.6 Å². The number of carboxylic acids is 1. The molecule has 1 N–H and O–H groups in total. The first-order chi connectivity index (χ1) is 9.35. The molecule has 120 valence electrons. The van der Waals surface area contributed by atoms with Gasteiger partial charge in [0, 0.05) is 0 Å². The first-order valence-corrected chi connectivity index (χ1v) is 5.51.